The maximum Gasteiger partial charge on any atom is 0.253 e. The number of carbonyl (C=O) groups is 3. The number of likely N-dealkylation sites (tertiary alicyclic amines) is 1. The van der Waals surface area contributed by atoms with Crippen molar-refractivity contribution in [1.29, 1.82) is 0 Å². The number of hydrogen-bond acceptors (Lipinski definition) is 3. The maximum atomic E-state index is 12.1. The Morgan fingerprint density at radius 1 is 1.16 bits per heavy atom. The van der Waals surface area contributed by atoms with Gasteiger partial charge in [-0.15, -0.1) is 0 Å². The van der Waals surface area contributed by atoms with Crippen LogP contribution in [0.2, 0.25) is 10.0 Å². The molecule has 1 atom stereocenters. The molecule has 1 aliphatic heterocycles. The Morgan fingerprint density at radius 2 is 1.92 bits per heavy atom. The second-order valence-corrected chi connectivity index (χ2v) is 6.86. The van der Waals surface area contributed by atoms with E-state index in [4.69, 9.17) is 23.2 Å². The Kier molecular flexibility index (Phi) is 7.08. The second-order valence-electron chi connectivity index (χ2n) is 6.02. The highest BCUT2D eigenvalue weighted by Gasteiger charge is 2.23. The van der Waals surface area contributed by atoms with Gasteiger partial charge in [0.25, 0.3) is 5.91 Å². The standard InChI is InChI=1S/C17H21Cl2N3O3/c1-11-4-2-3-7-22(11)16(24)10-20-15(23)9-21-17(25)13-6-5-12(18)8-14(13)19/h5-6,8,11H,2-4,7,9-10H2,1H3,(H,20,23)(H,21,25). The van der Waals surface area contributed by atoms with Gasteiger partial charge in [0.15, 0.2) is 0 Å². The lowest BCUT2D eigenvalue weighted by atomic mass is 10.0. The van der Waals surface area contributed by atoms with Gasteiger partial charge in [0.2, 0.25) is 11.8 Å². The molecule has 0 aromatic heterocycles. The average Bonchev–Trinajstić information content (AvgIpc) is 2.58. The number of halogens is 2. The van der Waals surface area contributed by atoms with Gasteiger partial charge >= 0.3 is 0 Å². The van der Waals surface area contributed by atoms with Crippen molar-refractivity contribution in [2.45, 2.75) is 32.2 Å². The van der Waals surface area contributed by atoms with Crippen LogP contribution < -0.4 is 10.6 Å². The van der Waals surface area contributed by atoms with Crippen LogP contribution in [0, 0.1) is 0 Å². The van der Waals surface area contributed by atoms with Crippen LogP contribution in [-0.2, 0) is 9.59 Å². The first-order valence-corrected chi connectivity index (χ1v) is 8.93. The Morgan fingerprint density at radius 3 is 2.60 bits per heavy atom. The van der Waals surface area contributed by atoms with Crippen LogP contribution in [-0.4, -0.2) is 48.3 Å². The zero-order valence-corrected chi connectivity index (χ0v) is 15.5. The number of benzene rings is 1. The summed E-state index contributed by atoms with van der Waals surface area (Å²) in [5, 5.41) is 5.63. The average molecular weight is 386 g/mol. The molecule has 6 nitrogen and oxygen atoms in total. The van der Waals surface area contributed by atoms with Gasteiger partial charge in [-0.3, -0.25) is 14.4 Å². The first kappa shape index (κ1) is 19.5. The van der Waals surface area contributed by atoms with Crippen molar-refractivity contribution in [2.24, 2.45) is 0 Å². The van der Waals surface area contributed by atoms with Crippen LogP contribution in [0.1, 0.15) is 36.5 Å². The summed E-state index contributed by atoms with van der Waals surface area (Å²) in [6.07, 6.45) is 3.09. The highest BCUT2D eigenvalue weighted by Crippen LogP contribution is 2.20. The topological polar surface area (TPSA) is 78.5 Å². The molecule has 3 amide bonds. The van der Waals surface area contributed by atoms with Crippen LogP contribution in [0.5, 0.6) is 0 Å². The first-order chi connectivity index (χ1) is 11.9. The van der Waals surface area contributed by atoms with E-state index in [-0.39, 0.29) is 35.6 Å². The number of rotatable bonds is 5. The van der Waals surface area contributed by atoms with E-state index in [1.54, 1.807) is 11.0 Å². The molecule has 8 heteroatoms. The minimum absolute atomic E-state index is 0.0687. The van der Waals surface area contributed by atoms with Crippen LogP contribution >= 0.6 is 23.2 Å². The van der Waals surface area contributed by atoms with E-state index in [2.05, 4.69) is 10.6 Å². The number of piperidine rings is 1. The van der Waals surface area contributed by atoms with Gasteiger partial charge in [-0.2, -0.15) is 0 Å². The van der Waals surface area contributed by atoms with Gasteiger partial charge < -0.3 is 15.5 Å². The Labute approximate surface area is 156 Å². The van der Waals surface area contributed by atoms with Gasteiger partial charge in [-0.1, -0.05) is 23.2 Å². The summed E-state index contributed by atoms with van der Waals surface area (Å²) in [6.45, 7) is 2.43. The molecule has 2 rings (SSSR count). The molecule has 0 saturated carbocycles. The molecule has 136 valence electrons. The summed E-state index contributed by atoms with van der Waals surface area (Å²) in [6, 6.07) is 4.68. The van der Waals surface area contributed by atoms with Gasteiger partial charge in [0.1, 0.15) is 0 Å². The molecule has 0 spiro atoms. The van der Waals surface area contributed by atoms with E-state index in [0.717, 1.165) is 25.8 Å². The van der Waals surface area contributed by atoms with Gasteiger partial charge in [0.05, 0.1) is 23.7 Å². The molecule has 1 aliphatic rings. The van der Waals surface area contributed by atoms with E-state index in [9.17, 15) is 14.4 Å². The molecule has 0 aliphatic carbocycles. The van der Waals surface area contributed by atoms with Crippen molar-refractivity contribution in [3.63, 3.8) is 0 Å². The van der Waals surface area contributed by atoms with Crippen LogP contribution in [0.3, 0.4) is 0 Å². The smallest absolute Gasteiger partial charge is 0.253 e. The number of carbonyl (C=O) groups excluding carboxylic acids is 3. The number of hydrogen-bond donors (Lipinski definition) is 2. The zero-order chi connectivity index (χ0) is 18.4. The fourth-order valence-electron chi connectivity index (χ4n) is 2.74. The third kappa shape index (κ3) is 5.61. The minimum Gasteiger partial charge on any atom is -0.345 e. The van der Waals surface area contributed by atoms with Gasteiger partial charge in [-0.05, 0) is 44.4 Å². The lowest BCUT2D eigenvalue weighted by Crippen LogP contribution is -2.48. The molecule has 1 aromatic carbocycles. The Hall–Kier alpha value is -1.79. The maximum absolute atomic E-state index is 12.1. The number of nitrogens with one attached hydrogen (secondary N) is 2. The zero-order valence-electron chi connectivity index (χ0n) is 14.0. The summed E-state index contributed by atoms with van der Waals surface area (Å²) in [4.78, 5) is 37.8. The fourth-order valence-corrected chi connectivity index (χ4v) is 3.23. The molecule has 1 aromatic rings. The number of amides is 3. The Balaban J connectivity index is 1.76. The summed E-state index contributed by atoms with van der Waals surface area (Å²) in [7, 11) is 0. The van der Waals surface area contributed by atoms with E-state index in [1.165, 1.54) is 12.1 Å². The molecule has 1 fully saturated rings. The molecule has 0 radical (unpaired) electrons. The predicted octanol–water partition coefficient (Wildman–Crippen LogP) is 2.24. The molecular formula is C17H21Cl2N3O3. The Bertz CT molecular complexity index is 667. The summed E-state index contributed by atoms with van der Waals surface area (Å²) in [5.74, 6) is -1.02. The fraction of sp³-hybridized carbons (Fsp3) is 0.471. The van der Waals surface area contributed by atoms with Gasteiger partial charge in [-0.25, -0.2) is 0 Å². The third-order valence-electron chi connectivity index (χ3n) is 4.15. The van der Waals surface area contributed by atoms with Crippen LogP contribution in [0.25, 0.3) is 0 Å². The first-order valence-electron chi connectivity index (χ1n) is 8.18. The van der Waals surface area contributed by atoms with Crippen molar-refractivity contribution in [1.82, 2.24) is 15.5 Å². The second kappa shape index (κ2) is 9.06. The molecule has 2 N–H and O–H groups in total. The lowest BCUT2D eigenvalue weighted by molar-refractivity contribution is -0.135. The van der Waals surface area contributed by atoms with Crippen molar-refractivity contribution < 1.29 is 14.4 Å². The van der Waals surface area contributed by atoms with Crippen molar-refractivity contribution >= 4 is 40.9 Å². The van der Waals surface area contributed by atoms with Crippen molar-refractivity contribution in [3.8, 4) is 0 Å². The largest absolute Gasteiger partial charge is 0.345 e. The lowest BCUT2D eigenvalue weighted by Gasteiger charge is -2.33. The molecular weight excluding hydrogens is 365 g/mol. The summed E-state index contributed by atoms with van der Waals surface area (Å²) < 4.78 is 0. The molecule has 1 saturated heterocycles. The molecule has 25 heavy (non-hydrogen) atoms. The highest BCUT2D eigenvalue weighted by molar-refractivity contribution is 6.36. The van der Waals surface area contributed by atoms with Crippen LogP contribution in [0.4, 0.5) is 0 Å². The molecule has 0 bridgehead atoms. The summed E-state index contributed by atoms with van der Waals surface area (Å²) in [5.41, 5.74) is 0.233. The van der Waals surface area contributed by atoms with Crippen molar-refractivity contribution in [2.75, 3.05) is 19.6 Å². The van der Waals surface area contributed by atoms with E-state index in [0.29, 0.717) is 5.02 Å². The minimum atomic E-state index is -0.479. The third-order valence-corrected chi connectivity index (χ3v) is 4.69. The molecule has 1 heterocycles. The van der Waals surface area contributed by atoms with E-state index >= 15 is 0 Å². The van der Waals surface area contributed by atoms with E-state index in [1.807, 2.05) is 6.92 Å². The molecule has 1 unspecified atom stereocenters. The quantitative estimate of drug-likeness (QED) is 0.815. The predicted molar refractivity (Wildman–Crippen MR) is 96.8 cm³/mol. The van der Waals surface area contributed by atoms with Crippen LogP contribution in [0.15, 0.2) is 18.2 Å². The normalized spacial score (nSPS) is 17.1. The number of nitrogens with zero attached hydrogens (tertiary/aromatic N) is 1. The van der Waals surface area contributed by atoms with Crippen molar-refractivity contribution in [3.05, 3.63) is 33.8 Å². The highest BCUT2D eigenvalue weighted by atomic mass is 35.5. The summed E-state index contributed by atoms with van der Waals surface area (Å²) >= 11 is 11.7. The SMILES string of the molecule is CC1CCCCN1C(=O)CNC(=O)CNC(=O)c1ccc(Cl)cc1Cl. The monoisotopic (exact) mass is 385 g/mol. The van der Waals surface area contributed by atoms with Gasteiger partial charge in [0, 0.05) is 17.6 Å². The van der Waals surface area contributed by atoms with E-state index < -0.39 is 11.8 Å².